The molecule has 17 rings (SSSR count). The lowest BCUT2D eigenvalue weighted by molar-refractivity contribution is 0.686. The Morgan fingerprint density at radius 2 is 0.893 bits per heavy atom. The van der Waals surface area contributed by atoms with Gasteiger partial charge in [-0.15, -0.1) is 0 Å². The van der Waals surface area contributed by atoms with Crippen LogP contribution >= 0.6 is 0 Å². The number of aryl methyl sites for hydroxylation is 2. The Kier molecular flexibility index (Phi) is 11.4. The highest BCUT2D eigenvalue weighted by atomic mass is 15.1. The summed E-state index contributed by atoms with van der Waals surface area (Å²) in [6.45, 7) is 1.95. The molecule has 0 spiro atoms. The van der Waals surface area contributed by atoms with Crippen molar-refractivity contribution in [3.63, 3.8) is 0 Å². The van der Waals surface area contributed by atoms with Gasteiger partial charge in [0.15, 0.2) is 0 Å². The van der Waals surface area contributed by atoms with E-state index in [9.17, 15) is 0 Å². The Bertz CT molecular complexity index is 4570. The maximum Gasteiger partial charge on any atom is 0.0713 e. The zero-order valence-electron chi connectivity index (χ0n) is 47.4. The van der Waals surface area contributed by atoms with Gasteiger partial charge in [-0.2, -0.15) is 0 Å². The minimum atomic E-state index is -0.542. The van der Waals surface area contributed by atoms with Crippen molar-refractivity contribution in [1.29, 1.82) is 0 Å². The van der Waals surface area contributed by atoms with Gasteiger partial charge >= 0.3 is 0 Å². The van der Waals surface area contributed by atoms with Gasteiger partial charge in [-0.25, -0.2) is 0 Å². The molecule has 2 aliphatic heterocycles. The number of fused-ring (bicyclic) bond motifs is 9. The minimum Gasteiger partial charge on any atom is -0.341 e. The lowest BCUT2D eigenvalue weighted by atomic mass is 9.63. The normalized spacial score (nSPS) is 18.1. The fourth-order valence-electron chi connectivity index (χ4n) is 16.6. The van der Waals surface area contributed by atoms with E-state index in [4.69, 9.17) is 0 Å². The van der Waals surface area contributed by atoms with E-state index >= 15 is 0 Å². The van der Waals surface area contributed by atoms with Crippen molar-refractivity contribution in [2.45, 2.75) is 62.2 Å². The average Bonchev–Trinajstić information content (AvgIpc) is 2.35. The van der Waals surface area contributed by atoms with Crippen LogP contribution in [0.4, 0.5) is 22.7 Å². The summed E-state index contributed by atoms with van der Waals surface area (Å²) in [7, 11) is 0. The molecule has 6 aliphatic rings. The van der Waals surface area contributed by atoms with Crippen molar-refractivity contribution in [3.05, 3.63) is 334 Å². The van der Waals surface area contributed by atoms with Crippen LogP contribution in [-0.2, 0) is 23.7 Å². The largest absolute Gasteiger partial charge is 0.341 e. The third-order valence-electron chi connectivity index (χ3n) is 20.0. The van der Waals surface area contributed by atoms with Crippen LogP contribution in [0.1, 0.15) is 94.2 Å². The van der Waals surface area contributed by atoms with Crippen LogP contribution in [0.3, 0.4) is 0 Å². The molecule has 402 valence electrons. The molecule has 0 saturated carbocycles. The number of anilines is 4. The van der Waals surface area contributed by atoms with Gasteiger partial charge in [-0.3, -0.25) is 0 Å². The van der Waals surface area contributed by atoms with Gasteiger partial charge in [0.05, 0.1) is 10.8 Å². The molecule has 11 aromatic rings. The van der Waals surface area contributed by atoms with E-state index in [1.54, 1.807) is 0 Å². The first-order valence-electron chi connectivity index (χ1n) is 30.7. The van der Waals surface area contributed by atoms with Crippen LogP contribution in [0.2, 0.25) is 0 Å². The Balaban J connectivity index is 0.982. The van der Waals surface area contributed by atoms with E-state index in [0.717, 1.165) is 64.5 Å². The smallest absolute Gasteiger partial charge is 0.0713 e. The zero-order valence-corrected chi connectivity index (χ0v) is 47.4. The molecular formula is C82H64N2. The maximum atomic E-state index is 2.71. The van der Waals surface area contributed by atoms with Gasteiger partial charge in [0, 0.05) is 35.8 Å². The van der Waals surface area contributed by atoms with Gasteiger partial charge in [0.1, 0.15) is 0 Å². The predicted molar refractivity (Wildman–Crippen MR) is 352 cm³/mol. The molecular weight excluding hydrogens is 1010 g/mol. The average molecular weight is 1080 g/mol. The van der Waals surface area contributed by atoms with Crippen molar-refractivity contribution < 1.29 is 0 Å². The SMILES string of the molecule is C1=CCCC(C2(c3ccccc3)C3=C(CCC(c4c5cc(N6CCCc7ccccc76)ccc5c(-c5ccc6c(c5)C(c5ccccc5)(c5ccccc5)c5ccccc5-6)c5cc(N6CCCc7ccccc76)ccc45)=C3)c3ccccc32)=C1. The number of hydrogen-bond donors (Lipinski definition) is 0. The Morgan fingerprint density at radius 3 is 1.51 bits per heavy atom. The Hall–Kier alpha value is -9.50. The van der Waals surface area contributed by atoms with Gasteiger partial charge in [-0.1, -0.05) is 230 Å². The first-order valence-corrected chi connectivity index (χ1v) is 30.7. The molecule has 4 aliphatic carbocycles. The first-order chi connectivity index (χ1) is 41.7. The molecule has 0 aromatic heterocycles. The topological polar surface area (TPSA) is 6.48 Å². The molecule has 1 atom stereocenters. The summed E-state index contributed by atoms with van der Waals surface area (Å²) in [6, 6.07) is 93.5. The summed E-state index contributed by atoms with van der Waals surface area (Å²) < 4.78 is 0. The molecule has 0 bridgehead atoms. The van der Waals surface area contributed by atoms with Crippen LogP contribution in [0.25, 0.3) is 54.9 Å². The molecule has 84 heavy (non-hydrogen) atoms. The Labute approximate surface area is 493 Å². The van der Waals surface area contributed by atoms with Crippen LogP contribution in [0.15, 0.2) is 278 Å². The second-order valence-corrected chi connectivity index (χ2v) is 24.1. The van der Waals surface area contributed by atoms with E-state index < -0.39 is 10.8 Å². The molecule has 0 radical (unpaired) electrons. The van der Waals surface area contributed by atoms with Crippen LogP contribution in [-0.4, -0.2) is 13.1 Å². The van der Waals surface area contributed by atoms with Crippen LogP contribution in [0.5, 0.6) is 0 Å². The molecule has 1 unspecified atom stereocenters. The number of allylic oxidation sites excluding steroid dienone is 8. The monoisotopic (exact) mass is 1080 g/mol. The summed E-state index contributed by atoms with van der Waals surface area (Å²) in [4.78, 5) is 5.21. The number of benzene rings is 11. The number of para-hydroxylation sites is 2. The zero-order chi connectivity index (χ0) is 55.3. The van der Waals surface area contributed by atoms with E-state index in [0.29, 0.717) is 0 Å². The number of nitrogens with zero attached hydrogens (tertiary/aromatic N) is 2. The van der Waals surface area contributed by atoms with Crippen molar-refractivity contribution in [2.24, 2.45) is 0 Å². The summed E-state index contributed by atoms with van der Waals surface area (Å²) in [5.41, 5.74) is 28.7. The predicted octanol–water partition coefficient (Wildman–Crippen LogP) is 20.4. The van der Waals surface area contributed by atoms with E-state index in [-0.39, 0.29) is 0 Å². The van der Waals surface area contributed by atoms with Gasteiger partial charge in [0.25, 0.3) is 0 Å². The van der Waals surface area contributed by atoms with Crippen LogP contribution < -0.4 is 9.80 Å². The third kappa shape index (κ3) is 7.22. The molecule has 0 fully saturated rings. The highest BCUT2D eigenvalue weighted by Gasteiger charge is 2.49. The van der Waals surface area contributed by atoms with Crippen molar-refractivity contribution in [2.75, 3.05) is 22.9 Å². The van der Waals surface area contributed by atoms with Gasteiger partial charge < -0.3 is 9.80 Å². The highest BCUT2D eigenvalue weighted by molar-refractivity contribution is 6.21. The number of hydrogen-bond acceptors (Lipinski definition) is 2. The highest BCUT2D eigenvalue weighted by Crippen LogP contribution is 2.62. The quantitative estimate of drug-likeness (QED) is 0.140. The molecule has 2 heteroatoms. The summed E-state index contributed by atoms with van der Waals surface area (Å²) in [5, 5.41) is 5.19. The van der Waals surface area contributed by atoms with Crippen LogP contribution in [0, 0.1) is 0 Å². The standard InChI is InChI=1S/C82H64N2/c1-5-27-59(28-6-1)81(60-29-7-2-8-30-60)73-37-17-15-35-65(73)67-45-41-57(51-75(67)81)79-69-47-43-64(84-50-22-26-56-24-14-20-40-78(56)84)54-72(69)80(70-48-44-63(53-71(70)79)83-49-21-25-55-23-13-19-39-77(55)83)58-42-46-68-66-36-16-18-38-74(66)82(76(68)52-58,61-31-9-3-10-32-61)62-33-11-4-12-34-62/h1-11,13-20,23-24,27-33,35-41,43-45,47-48,51-54H,12,21-22,25-26,34,42,46,49-50H2. The maximum absolute atomic E-state index is 2.71. The van der Waals surface area contributed by atoms with Gasteiger partial charge in [0.2, 0.25) is 0 Å². The lowest BCUT2D eigenvalue weighted by Gasteiger charge is -2.38. The third-order valence-corrected chi connectivity index (χ3v) is 20.0. The lowest BCUT2D eigenvalue weighted by Crippen LogP contribution is -2.31. The van der Waals surface area contributed by atoms with E-state index in [1.165, 1.54) is 144 Å². The first kappa shape index (κ1) is 49.1. The Morgan fingerprint density at radius 1 is 0.369 bits per heavy atom. The van der Waals surface area contributed by atoms with E-state index in [1.807, 2.05) is 0 Å². The fourth-order valence-corrected chi connectivity index (χ4v) is 16.6. The summed E-state index contributed by atoms with van der Waals surface area (Å²) in [5.74, 6) is 0. The molecule has 2 nitrogen and oxygen atoms in total. The molecule has 0 N–H and O–H groups in total. The molecule has 11 aromatic carbocycles. The van der Waals surface area contributed by atoms with E-state index in [2.05, 4.69) is 277 Å². The van der Waals surface area contributed by atoms with Crippen molar-refractivity contribution in [1.82, 2.24) is 0 Å². The van der Waals surface area contributed by atoms with Gasteiger partial charge in [-0.05, 0) is 210 Å². The molecule has 2 heterocycles. The second-order valence-electron chi connectivity index (χ2n) is 24.1. The molecule has 0 amide bonds. The van der Waals surface area contributed by atoms with Crippen molar-refractivity contribution >= 4 is 55.4 Å². The number of rotatable bonds is 8. The fraction of sp³-hybridized carbons (Fsp3) is 0.146. The summed E-state index contributed by atoms with van der Waals surface area (Å²) >= 11 is 0. The minimum absolute atomic E-state index is 0.418. The van der Waals surface area contributed by atoms with Crippen molar-refractivity contribution in [3.8, 4) is 22.3 Å². The molecule has 0 saturated heterocycles. The second kappa shape index (κ2) is 19.6. The summed E-state index contributed by atoms with van der Waals surface area (Å²) in [6.07, 6.45) is 18.2.